The van der Waals surface area contributed by atoms with Crippen LogP contribution in [0.4, 0.5) is 4.39 Å². The third kappa shape index (κ3) is 6.63. The van der Waals surface area contributed by atoms with Crippen molar-refractivity contribution >= 4 is 11.8 Å². The Morgan fingerprint density at radius 1 is 0.909 bits per heavy atom. The summed E-state index contributed by atoms with van der Waals surface area (Å²) in [5, 5.41) is 0. The fourth-order valence-corrected chi connectivity index (χ4v) is 3.20. The molecule has 2 aromatic rings. The Labute approximate surface area is 137 Å². The Balaban J connectivity index is 1.54. The van der Waals surface area contributed by atoms with Crippen molar-refractivity contribution in [1.82, 2.24) is 4.90 Å². The third-order valence-corrected chi connectivity index (χ3v) is 4.71. The molecule has 0 fully saturated rings. The number of hydrogen-bond donors (Lipinski definition) is 0. The molecule has 3 heteroatoms. The highest BCUT2D eigenvalue weighted by Crippen LogP contribution is 2.18. The van der Waals surface area contributed by atoms with Crippen LogP contribution < -0.4 is 0 Å². The van der Waals surface area contributed by atoms with Crippen LogP contribution in [-0.4, -0.2) is 30.8 Å². The lowest BCUT2D eigenvalue weighted by Gasteiger charge is -2.16. The van der Waals surface area contributed by atoms with E-state index in [1.54, 1.807) is 11.8 Å². The first-order chi connectivity index (χ1) is 10.7. The summed E-state index contributed by atoms with van der Waals surface area (Å²) >= 11 is 1.80. The minimum absolute atomic E-state index is 0.164. The van der Waals surface area contributed by atoms with Crippen LogP contribution in [0.15, 0.2) is 59.5 Å². The van der Waals surface area contributed by atoms with Gasteiger partial charge >= 0.3 is 0 Å². The minimum atomic E-state index is -0.164. The minimum Gasteiger partial charge on any atom is -0.306 e. The molecule has 0 N–H and O–H groups in total. The van der Waals surface area contributed by atoms with E-state index in [4.69, 9.17) is 0 Å². The van der Waals surface area contributed by atoms with E-state index in [1.165, 1.54) is 24.1 Å². The largest absolute Gasteiger partial charge is 0.306 e. The molecule has 0 aliphatic rings. The number of hydrogen-bond acceptors (Lipinski definition) is 2. The first kappa shape index (κ1) is 17.0. The van der Waals surface area contributed by atoms with E-state index in [0.29, 0.717) is 0 Å². The topological polar surface area (TPSA) is 3.24 Å². The highest BCUT2D eigenvalue weighted by atomic mass is 32.2. The molecule has 0 atom stereocenters. The molecule has 2 rings (SSSR count). The Hall–Kier alpha value is -1.32. The van der Waals surface area contributed by atoms with Crippen molar-refractivity contribution in [1.29, 1.82) is 0 Å². The Kier molecular flexibility index (Phi) is 7.47. The van der Waals surface area contributed by atoms with Crippen LogP contribution in [-0.2, 0) is 6.42 Å². The molecular weight excluding hydrogens is 293 g/mol. The van der Waals surface area contributed by atoms with Crippen LogP contribution in [0.5, 0.6) is 0 Å². The van der Waals surface area contributed by atoms with Crippen molar-refractivity contribution in [3.63, 3.8) is 0 Å². The fraction of sp³-hybridized carbons (Fsp3) is 0.368. The highest BCUT2D eigenvalue weighted by Gasteiger charge is 2.00. The van der Waals surface area contributed by atoms with Crippen molar-refractivity contribution in [2.45, 2.75) is 24.2 Å². The predicted molar refractivity (Wildman–Crippen MR) is 94.0 cm³/mol. The maximum atomic E-state index is 12.8. The van der Waals surface area contributed by atoms with E-state index < -0.39 is 0 Å². The maximum Gasteiger partial charge on any atom is 0.123 e. The normalized spacial score (nSPS) is 11.0. The molecule has 0 bridgehead atoms. The summed E-state index contributed by atoms with van der Waals surface area (Å²) in [5.74, 6) is 0.914. The van der Waals surface area contributed by atoms with E-state index in [2.05, 4.69) is 42.3 Å². The SMILES string of the molecule is CN(CCCSc1ccc(F)cc1)CCCc1ccccc1. The monoisotopic (exact) mass is 317 g/mol. The quantitative estimate of drug-likeness (QED) is 0.479. The third-order valence-electron chi connectivity index (χ3n) is 3.61. The number of thioether (sulfide) groups is 1. The molecule has 1 nitrogen and oxygen atoms in total. The van der Waals surface area contributed by atoms with E-state index in [9.17, 15) is 4.39 Å². The molecule has 22 heavy (non-hydrogen) atoms. The lowest BCUT2D eigenvalue weighted by Crippen LogP contribution is -2.21. The van der Waals surface area contributed by atoms with Gasteiger partial charge in [-0.15, -0.1) is 11.8 Å². The number of halogens is 1. The van der Waals surface area contributed by atoms with Crippen LogP contribution in [0.3, 0.4) is 0 Å². The zero-order chi connectivity index (χ0) is 15.6. The zero-order valence-corrected chi connectivity index (χ0v) is 14.0. The molecule has 118 valence electrons. The van der Waals surface area contributed by atoms with E-state index in [1.807, 2.05) is 12.1 Å². The molecule has 0 heterocycles. The van der Waals surface area contributed by atoms with Crippen LogP contribution in [0.1, 0.15) is 18.4 Å². The second kappa shape index (κ2) is 9.65. The number of nitrogens with zero attached hydrogens (tertiary/aromatic N) is 1. The summed E-state index contributed by atoms with van der Waals surface area (Å²) in [6.07, 6.45) is 3.50. The second-order valence-corrected chi connectivity index (χ2v) is 6.72. The Morgan fingerprint density at radius 3 is 2.32 bits per heavy atom. The summed E-state index contributed by atoms with van der Waals surface area (Å²) in [6.45, 7) is 2.25. The predicted octanol–water partition coefficient (Wildman–Crippen LogP) is 4.87. The summed E-state index contributed by atoms with van der Waals surface area (Å²) in [5.41, 5.74) is 1.42. The zero-order valence-electron chi connectivity index (χ0n) is 13.2. The first-order valence-corrected chi connectivity index (χ1v) is 8.83. The average molecular weight is 317 g/mol. The molecule has 2 aromatic carbocycles. The van der Waals surface area contributed by atoms with Gasteiger partial charge in [-0.3, -0.25) is 0 Å². The van der Waals surface area contributed by atoms with Gasteiger partial charge in [-0.25, -0.2) is 4.39 Å². The lowest BCUT2D eigenvalue weighted by molar-refractivity contribution is 0.331. The molecule has 0 saturated carbocycles. The summed E-state index contributed by atoms with van der Waals surface area (Å²) < 4.78 is 12.8. The van der Waals surface area contributed by atoms with Gasteiger partial charge in [0.2, 0.25) is 0 Å². The lowest BCUT2D eigenvalue weighted by atomic mass is 10.1. The summed E-state index contributed by atoms with van der Waals surface area (Å²) in [4.78, 5) is 3.54. The van der Waals surface area contributed by atoms with Crippen LogP contribution >= 0.6 is 11.8 Å². The smallest absolute Gasteiger partial charge is 0.123 e. The standard InChI is InChI=1S/C19H24FNS/c1-21(14-5-9-17-7-3-2-4-8-17)15-6-16-22-19-12-10-18(20)11-13-19/h2-4,7-8,10-13H,5-6,9,14-16H2,1H3. The van der Waals surface area contributed by atoms with Crippen molar-refractivity contribution in [2.75, 3.05) is 25.9 Å². The van der Waals surface area contributed by atoms with Crippen LogP contribution in [0, 0.1) is 5.82 Å². The van der Waals surface area contributed by atoms with E-state index >= 15 is 0 Å². The van der Waals surface area contributed by atoms with Gasteiger partial charge in [-0.2, -0.15) is 0 Å². The van der Waals surface area contributed by atoms with Gasteiger partial charge in [0.1, 0.15) is 5.82 Å². The average Bonchev–Trinajstić information content (AvgIpc) is 2.54. The van der Waals surface area contributed by atoms with Gasteiger partial charge in [0.15, 0.2) is 0 Å². The van der Waals surface area contributed by atoms with Gasteiger partial charge in [-0.05, 0) is 75.0 Å². The molecule has 0 spiro atoms. The van der Waals surface area contributed by atoms with Crippen molar-refractivity contribution in [3.05, 3.63) is 66.0 Å². The molecule has 0 unspecified atom stereocenters. The Bertz CT molecular complexity index is 527. The van der Waals surface area contributed by atoms with E-state index in [0.717, 1.165) is 36.6 Å². The molecular formula is C19H24FNS. The molecule has 0 aromatic heterocycles. The molecule has 0 radical (unpaired) electrons. The van der Waals surface area contributed by atoms with Gasteiger partial charge < -0.3 is 4.90 Å². The van der Waals surface area contributed by atoms with Gasteiger partial charge in [0.25, 0.3) is 0 Å². The van der Waals surface area contributed by atoms with E-state index in [-0.39, 0.29) is 5.82 Å². The Morgan fingerprint density at radius 2 is 1.59 bits per heavy atom. The number of benzene rings is 2. The van der Waals surface area contributed by atoms with Crippen LogP contribution in [0.25, 0.3) is 0 Å². The number of aryl methyl sites for hydroxylation is 1. The van der Waals surface area contributed by atoms with Gasteiger partial charge in [0.05, 0.1) is 0 Å². The summed E-state index contributed by atoms with van der Waals surface area (Å²) in [7, 11) is 2.19. The van der Waals surface area contributed by atoms with Gasteiger partial charge in [0, 0.05) is 4.90 Å². The molecule has 0 aliphatic heterocycles. The highest BCUT2D eigenvalue weighted by molar-refractivity contribution is 7.99. The maximum absolute atomic E-state index is 12.8. The van der Waals surface area contributed by atoms with Gasteiger partial charge in [-0.1, -0.05) is 30.3 Å². The second-order valence-electron chi connectivity index (χ2n) is 5.55. The van der Waals surface area contributed by atoms with Crippen molar-refractivity contribution in [2.24, 2.45) is 0 Å². The molecule has 0 amide bonds. The molecule has 0 aliphatic carbocycles. The summed E-state index contributed by atoms with van der Waals surface area (Å²) in [6, 6.07) is 17.4. The van der Waals surface area contributed by atoms with Crippen LogP contribution in [0.2, 0.25) is 0 Å². The molecule has 0 saturated heterocycles. The first-order valence-electron chi connectivity index (χ1n) is 7.85. The number of rotatable bonds is 9. The fourth-order valence-electron chi connectivity index (χ4n) is 2.36. The van der Waals surface area contributed by atoms with Crippen molar-refractivity contribution in [3.8, 4) is 0 Å². The van der Waals surface area contributed by atoms with Crippen molar-refractivity contribution < 1.29 is 4.39 Å².